The zero-order valence-electron chi connectivity index (χ0n) is 10.3. The van der Waals surface area contributed by atoms with Gasteiger partial charge in [0.2, 0.25) is 0 Å². The summed E-state index contributed by atoms with van der Waals surface area (Å²) in [6.45, 7) is 6.18. The van der Waals surface area contributed by atoms with Gasteiger partial charge in [-0.25, -0.2) is 14.4 Å². The Balaban J connectivity index is 3.14. The first-order valence-corrected chi connectivity index (χ1v) is 5.37. The summed E-state index contributed by atoms with van der Waals surface area (Å²) in [5.74, 6) is -0.0451. The first kappa shape index (κ1) is 12.8. The van der Waals surface area contributed by atoms with Gasteiger partial charge in [0, 0.05) is 19.1 Å². The maximum absolute atomic E-state index is 14.0. The van der Waals surface area contributed by atoms with Gasteiger partial charge in [-0.05, 0) is 20.3 Å². The van der Waals surface area contributed by atoms with Crippen LogP contribution >= 0.6 is 0 Å². The molecule has 1 rings (SSSR count). The van der Waals surface area contributed by atoms with Crippen LogP contribution in [0.15, 0.2) is 6.33 Å². The quantitative estimate of drug-likeness (QED) is 0.842. The Kier molecular flexibility index (Phi) is 3.80. The Morgan fingerprint density at radius 3 is 2.56 bits per heavy atom. The maximum Gasteiger partial charge on any atom is 0.187 e. The van der Waals surface area contributed by atoms with E-state index in [0.717, 1.165) is 0 Å². The lowest BCUT2D eigenvalue weighted by molar-refractivity contribution is 0.479. The summed E-state index contributed by atoms with van der Waals surface area (Å²) in [6.07, 6.45) is 1.94. The third-order valence-corrected chi connectivity index (χ3v) is 2.90. The number of aryl methyl sites for hydroxylation is 1. The van der Waals surface area contributed by atoms with Crippen molar-refractivity contribution in [3.8, 4) is 0 Å². The third-order valence-electron chi connectivity index (χ3n) is 2.90. The molecule has 0 radical (unpaired) electrons. The highest BCUT2D eigenvalue weighted by atomic mass is 19.1. The van der Waals surface area contributed by atoms with Crippen LogP contribution < -0.4 is 10.6 Å². The Labute approximate surface area is 95.7 Å². The number of rotatable bonds is 4. The molecule has 0 saturated carbocycles. The number of anilines is 1. The molecule has 0 spiro atoms. The molecule has 0 fully saturated rings. The first-order valence-electron chi connectivity index (χ1n) is 5.37. The molecule has 0 aliphatic carbocycles. The monoisotopic (exact) mass is 226 g/mol. The highest BCUT2D eigenvalue weighted by Crippen LogP contribution is 2.23. The van der Waals surface area contributed by atoms with Crippen molar-refractivity contribution in [3.05, 3.63) is 17.8 Å². The molecule has 0 aliphatic rings. The second-order valence-corrected chi connectivity index (χ2v) is 4.39. The molecule has 0 unspecified atom stereocenters. The van der Waals surface area contributed by atoms with Crippen molar-refractivity contribution < 1.29 is 4.39 Å². The molecule has 2 N–H and O–H groups in total. The van der Waals surface area contributed by atoms with Crippen molar-refractivity contribution in [1.82, 2.24) is 9.97 Å². The van der Waals surface area contributed by atoms with Crippen LogP contribution in [-0.4, -0.2) is 29.1 Å². The molecule has 0 atom stereocenters. The van der Waals surface area contributed by atoms with Gasteiger partial charge in [-0.2, -0.15) is 0 Å². The second kappa shape index (κ2) is 4.74. The summed E-state index contributed by atoms with van der Waals surface area (Å²) < 4.78 is 14.0. The van der Waals surface area contributed by atoms with Crippen LogP contribution in [0.5, 0.6) is 0 Å². The van der Waals surface area contributed by atoms with E-state index in [1.165, 1.54) is 6.33 Å². The normalized spacial score (nSPS) is 11.6. The van der Waals surface area contributed by atoms with Crippen molar-refractivity contribution in [1.29, 1.82) is 0 Å². The number of nitrogens with two attached hydrogens (primary N) is 1. The largest absolute Gasteiger partial charge is 0.351 e. The molecule has 1 heterocycles. The molecule has 0 amide bonds. The van der Waals surface area contributed by atoms with Crippen LogP contribution in [0.25, 0.3) is 0 Å². The first-order chi connectivity index (χ1) is 7.44. The van der Waals surface area contributed by atoms with Gasteiger partial charge >= 0.3 is 0 Å². The van der Waals surface area contributed by atoms with E-state index in [1.807, 2.05) is 20.8 Å². The molecule has 1 aromatic heterocycles. The zero-order valence-corrected chi connectivity index (χ0v) is 10.3. The summed E-state index contributed by atoms with van der Waals surface area (Å²) in [5.41, 5.74) is 5.76. The predicted octanol–water partition coefficient (Wildman–Crippen LogP) is 1.35. The molecule has 0 aliphatic heterocycles. The smallest absolute Gasteiger partial charge is 0.187 e. The second-order valence-electron chi connectivity index (χ2n) is 4.39. The fraction of sp³-hybridized carbons (Fsp3) is 0.636. The van der Waals surface area contributed by atoms with Gasteiger partial charge in [-0.3, -0.25) is 0 Å². The van der Waals surface area contributed by atoms with Crippen LogP contribution in [0, 0.1) is 5.82 Å². The number of hydrogen-bond donors (Lipinski definition) is 1. The van der Waals surface area contributed by atoms with Crippen molar-refractivity contribution in [2.75, 3.05) is 18.5 Å². The number of hydrogen-bond acceptors (Lipinski definition) is 4. The van der Waals surface area contributed by atoms with E-state index in [0.29, 0.717) is 24.5 Å². The summed E-state index contributed by atoms with van der Waals surface area (Å²) in [7, 11) is 1.79. The Hall–Kier alpha value is -1.23. The molecule has 0 bridgehead atoms. The molecular formula is C11H19FN4. The lowest BCUT2D eigenvalue weighted by atomic mass is 10.0. The number of halogens is 1. The third kappa shape index (κ3) is 2.29. The fourth-order valence-corrected chi connectivity index (χ4v) is 1.30. The Bertz CT molecular complexity index is 365. The standard InChI is InChI=1S/C11H19FN4/c1-5-8-9(12)10(15-7-14-8)16(4)11(2,3)6-13/h7H,5-6,13H2,1-4H3. The Morgan fingerprint density at radius 1 is 1.44 bits per heavy atom. The maximum atomic E-state index is 14.0. The average Bonchev–Trinajstić information content (AvgIpc) is 2.28. The summed E-state index contributed by atoms with van der Waals surface area (Å²) in [5, 5.41) is 0. The predicted molar refractivity (Wildman–Crippen MR) is 62.9 cm³/mol. The zero-order chi connectivity index (χ0) is 12.3. The van der Waals surface area contributed by atoms with Crippen LogP contribution in [0.3, 0.4) is 0 Å². The lowest BCUT2D eigenvalue weighted by Crippen LogP contribution is -2.48. The van der Waals surface area contributed by atoms with Gasteiger partial charge in [-0.1, -0.05) is 6.92 Å². The topological polar surface area (TPSA) is 55.0 Å². The summed E-state index contributed by atoms with van der Waals surface area (Å²) >= 11 is 0. The summed E-state index contributed by atoms with van der Waals surface area (Å²) in [6, 6.07) is 0. The molecule has 1 aromatic rings. The van der Waals surface area contributed by atoms with Crippen LogP contribution in [0.2, 0.25) is 0 Å². The van der Waals surface area contributed by atoms with E-state index in [1.54, 1.807) is 11.9 Å². The lowest BCUT2D eigenvalue weighted by Gasteiger charge is -2.35. The van der Waals surface area contributed by atoms with E-state index in [4.69, 9.17) is 5.73 Å². The highest BCUT2D eigenvalue weighted by molar-refractivity contribution is 5.43. The van der Waals surface area contributed by atoms with E-state index < -0.39 is 0 Å². The minimum absolute atomic E-state index is 0.308. The van der Waals surface area contributed by atoms with E-state index >= 15 is 0 Å². The Morgan fingerprint density at radius 2 is 2.06 bits per heavy atom. The van der Waals surface area contributed by atoms with Crippen LogP contribution in [0.1, 0.15) is 26.5 Å². The molecule has 16 heavy (non-hydrogen) atoms. The molecule has 5 heteroatoms. The van der Waals surface area contributed by atoms with Gasteiger partial charge in [0.25, 0.3) is 0 Å². The molecule has 0 aromatic carbocycles. The van der Waals surface area contributed by atoms with Gasteiger partial charge < -0.3 is 10.6 Å². The van der Waals surface area contributed by atoms with E-state index in [2.05, 4.69) is 9.97 Å². The van der Waals surface area contributed by atoms with Gasteiger partial charge in [-0.15, -0.1) is 0 Å². The van der Waals surface area contributed by atoms with Crippen molar-refractivity contribution in [2.24, 2.45) is 5.73 Å². The number of nitrogens with zero attached hydrogens (tertiary/aromatic N) is 3. The molecule has 0 saturated heterocycles. The minimum atomic E-state index is -0.353. The van der Waals surface area contributed by atoms with Gasteiger partial charge in [0.15, 0.2) is 11.6 Å². The minimum Gasteiger partial charge on any atom is -0.351 e. The van der Waals surface area contributed by atoms with Gasteiger partial charge in [0.05, 0.1) is 5.69 Å². The highest BCUT2D eigenvalue weighted by Gasteiger charge is 2.26. The number of likely N-dealkylation sites (N-methyl/N-ethyl adjacent to an activating group) is 1. The van der Waals surface area contributed by atoms with Crippen molar-refractivity contribution >= 4 is 5.82 Å². The number of aromatic nitrogens is 2. The van der Waals surface area contributed by atoms with Crippen LogP contribution in [0.4, 0.5) is 10.2 Å². The average molecular weight is 226 g/mol. The fourth-order valence-electron chi connectivity index (χ4n) is 1.30. The summed E-state index contributed by atoms with van der Waals surface area (Å²) in [4.78, 5) is 9.64. The molecular weight excluding hydrogens is 207 g/mol. The SMILES string of the molecule is CCc1ncnc(N(C)C(C)(C)CN)c1F. The molecule has 4 nitrogen and oxygen atoms in total. The van der Waals surface area contributed by atoms with Crippen molar-refractivity contribution in [2.45, 2.75) is 32.7 Å². The van der Waals surface area contributed by atoms with Crippen LogP contribution in [-0.2, 0) is 6.42 Å². The van der Waals surface area contributed by atoms with E-state index in [-0.39, 0.29) is 11.4 Å². The molecule has 90 valence electrons. The van der Waals surface area contributed by atoms with E-state index in [9.17, 15) is 4.39 Å². The van der Waals surface area contributed by atoms with Gasteiger partial charge in [0.1, 0.15) is 6.33 Å². The van der Waals surface area contributed by atoms with Crippen molar-refractivity contribution in [3.63, 3.8) is 0 Å².